The van der Waals surface area contributed by atoms with Crippen molar-refractivity contribution in [3.8, 4) is 0 Å². The van der Waals surface area contributed by atoms with E-state index in [2.05, 4.69) is 10.3 Å². The fraction of sp³-hybridized carbons (Fsp3) is 0.231. The number of anilines is 1. The lowest BCUT2D eigenvalue weighted by atomic mass is 10.2. The number of carbonyl (C=O) groups is 2. The Morgan fingerprint density at radius 2 is 2.30 bits per heavy atom. The van der Waals surface area contributed by atoms with Gasteiger partial charge in [0.15, 0.2) is 0 Å². The molecule has 0 saturated heterocycles. The number of hydrogen-bond donors (Lipinski definition) is 3. The number of aryl methyl sites for hydroxylation is 1. The molecule has 2 aromatic rings. The van der Waals surface area contributed by atoms with Gasteiger partial charge >= 0.3 is 5.97 Å². The zero-order valence-corrected chi connectivity index (χ0v) is 12.4. The molecule has 20 heavy (non-hydrogen) atoms. The number of H-pyrrole nitrogens is 1. The van der Waals surface area contributed by atoms with Crippen molar-refractivity contribution in [2.75, 3.05) is 11.1 Å². The van der Waals surface area contributed by atoms with E-state index in [0.29, 0.717) is 17.1 Å². The highest BCUT2D eigenvalue weighted by Crippen LogP contribution is 2.20. The molecule has 1 amide bonds. The van der Waals surface area contributed by atoms with Crippen molar-refractivity contribution in [1.29, 1.82) is 0 Å². The van der Waals surface area contributed by atoms with E-state index in [-0.39, 0.29) is 11.5 Å². The van der Waals surface area contributed by atoms with Gasteiger partial charge in [0.05, 0.1) is 11.4 Å². The normalized spacial score (nSPS) is 10.4. The van der Waals surface area contributed by atoms with Crippen molar-refractivity contribution in [1.82, 2.24) is 4.98 Å². The Kier molecular flexibility index (Phi) is 4.86. The van der Waals surface area contributed by atoms with Crippen molar-refractivity contribution in [3.05, 3.63) is 39.8 Å². The van der Waals surface area contributed by atoms with Gasteiger partial charge in [0.2, 0.25) is 5.91 Å². The summed E-state index contributed by atoms with van der Waals surface area (Å²) in [6, 6.07) is 4.00. The van der Waals surface area contributed by atoms with Gasteiger partial charge in [-0.1, -0.05) is 6.07 Å². The van der Waals surface area contributed by atoms with Crippen molar-refractivity contribution in [2.45, 2.75) is 12.7 Å². The molecule has 0 unspecified atom stereocenters. The molecule has 2 aromatic heterocycles. The zero-order chi connectivity index (χ0) is 14.5. The first-order valence-electron chi connectivity index (χ1n) is 5.89. The summed E-state index contributed by atoms with van der Waals surface area (Å²) >= 11 is 3.15. The van der Waals surface area contributed by atoms with E-state index in [1.165, 1.54) is 22.8 Å². The Labute approximate surface area is 124 Å². The lowest BCUT2D eigenvalue weighted by molar-refractivity contribution is -0.113. The van der Waals surface area contributed by atoms with E-state index in [0.717, 1.165) is 5.75 Å². The molecule has 0 aliphatic carbocycles. The summed E-state index contributed by atoms with van der Waals surface area (Å²) in [6.45, 7) is 1.66. The lowest BCUT2D eigenvalue weighted by Gasteiger charge is -2.04. The van der Waals surface area contributed by atoms with Gasteiger partial charge in [-0.05, 0) is 18.4 Å². The second-order valence-electron chi connectivity index (χ2n) is 4.13. The quantitative estimate of drug-likeness (QED) is 0.766. The summed E-state index contributed by atoms with van der Waals surface area (Å²) in [6.07, 6.45) is 1.50. The molecule has 0 aliphatic heterocycles. The molecule has 0 saturated carbocycles. The molecule has 0 bridgehead atoms. The number of thiophene rings is 1. The Hall–Kier alpha value is -1.73. The van der Waals surface area contributed by atoms with Crippen molar-refractivity contribution in [3.63, 3.8) is 0 Å². The number of carboxylic acids is 1. The van der Waals surface area contributed by atoms with Crippen LogP contribution in [-0.4, -0.2) is 27.7 Å². The number of carboxylic acid groups (broad SMARTS) is 1. The minimum atomic E-state index is -1.05. The largest absolute Gasteiger partial charge is 0.478 e. The highest BCUT2D eigenvalue weighted by molar-refractivity contribution is 7.99. The number of carbonyl (C=O) groups excluding carboxylic acids is 1. The number of thioether (sulfide) groups is 1. The molecule has 5 nitrogen and oxygen atoms in total. The predicted octanol–water partition coefficient (Wildman–Crippen LogP) is 2.95. The average Bonchev–Trinajstić information content (AvgIpc) is 2.99. The predicted molar refractivity (Wildman–Crippen MR) is 81.6 cm³/mol. The molecule has 0 aliphatic rings. The van der Waals surface area contributed by atoms with E-state index in [4.69, 9.17) is 5.11 Å². The monoisotopic (exact) mass is 310 g/mol. The van der Waals surface area contributed by atoms with Crippen molar-refractivity contribution < 1.29 is 14.7 Å². The molecule has 7 heteroatoms. The van der Waals surface area contributed by atoms with Gasteiger partial charge in [0, 0.05) is 22.5 Å². The summed E-state index contributed by atoms with van der Waals surface area (Å²) in [5, 5.41) is 13.7. The maximum absolute atomic E-state index is 11.8. The summed E-state index contributed by atoms with van der Waals surface area (Å²) < 4.78 is 0. The van der Waals surface area contributed by atoms with E-state index in [1.807, 2.05) is 17.5 Å². The Bertz CT molecular complexity index is 605. The fourth-order valence-electron chi connectivity index (χ4n) is 1.73. The van der Waals surface area contributed by atoms with Crippen LogP contribution in [0.3, 0.4) is 0 Å². The van der Waals surface area contributed by atoms with E-state index < -0.39 is 5.97 Å². The highest BCUT2D eigenvalue weighted by Gasteiger charge is 2.16. The van der Waals surface area contributed by atoms with Crippen LogP contribution in [0.1, 0.15) is 20.9 Å². The van der Waals surface area contributed by atoms with Crippen molar-refractivity contribution >= 4 is 40.7 Å². The molecule has 2 heterocycles. The van der Waals surface area contributed by atoms with Crippen LogP contribution >= 0.6 is 23.1 Å². The number of nitrogens with one attached hydrogen (secondary N) is 2. The number of amides is 1. The molecule has 0 atom stereocenters. The molecular formula is C13H14N2O3S2. The minimum Gasteiger partial charge on any atom is -0.478 e. The third-order valence-corrected chi connectivity index (χ3v) is 4.66. The van der Waals surface area contributed by atoms with E-state index >= 15 is 0 Å². The van der Waals surface area contributed by atoms with Crippen LogP contribution in [-0.2, 0) is 10.5 Å². The van der Waals surface area contributed by atoms with Gasteiger partial charge in [-0.15, -0.1) is 23.1 Å². The smallest absolute Gasteiger partial charge is 0.339 e. The van der Waals surface area contributed by atoms with Gasteiger partial charge in [-0.3, -0.25) is 4.79 Å². The number of hydrogen-bond acceptors (Lipinski definition) is 4. The Balaban J connectivity index is 1.87. The van der Waals surface area contributed by atoms with Crippen LogP contribution in [0.2, 0.25) is 0 Å². The summed E-state index contributed by atoms with van der Waals surface area (Å²) in [4.78, 5) is 26.9. The van der Waals surface area contributed by atoms with Crippen LogP contribution in [0, 0.1) is 6.92 Å². The van der Waals surface area contributed by atoms with E-state index in [9.17, 15) is 9.59 Å². The summed E-state index contributed by atoms with van der Waals surface area (Å²) in [7, 11) is 0. The lowest BCUT2D eigenvalue weighted by Crippen LogP contribution is -2.16. The van der Waals surface area contributed by atoms with Gasteiger partial charge < -0.3 is 15.4 Å². The minimum absolute atomic E-state index is 0.113. The molecular weight excluding hydrogens is 296 g/mol. The topological polar surface area (TPSA) is 82.2 Å². The van der Waals surface area contributed by atoms with Gasteiger partial charge in [-0.25, -0.2) is 4.79 Å². The maximum atomic E-state index is 11.8. The molecule has 0 radical (unpaired) electrons. The summed E-state index contributed by atoms with van der Waals surface area (Å²) in [5.74, 6) is -0.178. The van der Waals surface area contributed by atoms with Crippen LogP contribution < -0.4 is 5.32 Å². The second kappa shape index (κ2) is 6.62. The average molecular weight is 310 g/mol. The van der Waals surface area contributed by atoms with Gasteiger partial charge in [0.25, 0.3) is 0 Å². The van der Waals surface area contributed by atoms with E-state index in [1.54, 1.807) is 18.3 Å². The Morgan fingerprint density at radius 3 is 2.95 bits per heavy atom. The van der Waals surface area contributed by atoms with Crippen molar-refractivity contribution in [2.24, 2.45) is 0 Å². The number of rotatable bonds is 6. The fourth-order valence-corrected chi connectivity index (χ4v) is 3.39. The zero-order valence-electron chi connectivity index (χ0n) is 10.8. The molecule has 0 aromatic carbocycles. The molecule has 2 rings (SSSR count). The third-order valence-electron chi connectivity index (χ3n) is 2.62. The molecule has 106 valence electrons. The Morgan fingerprint density at radius 1 is 1.50 bits per heavy atom. The first kappa shape index (κ1) is 14.7. The molecule has 0 spiro atoms. The maximum Gasteiger partial charge on any atom is 0.339 e. The number of aromatic nitrogens is 1. The summed E-state index contributed by atoms with van der Waals surface area (Å²) in [5.41, 5.74) is 0.956. The SMILES string of the molecule is Cc1[nH]cc(NC(=O)CSCc2cccs2)c1C(=O)O. The van der Waals surface area contributed by atoms with Crippen LogP contribution in [0.5, 0.6) is 0 Å². The molecule has 3 N–H and O–H groups in total. The first-order chi connectivity index (χ1) is 9.58. The van der Waals surface area contributed by atoms with Gasteiger partial charge in [0.1, 0.15) is 5.56 Å². The standard InChI is InChI=1S/C13H14N2O3S2/c1-8-12(13(17)18)10(5-14-8)15-11(16)7-19-6-9-3-2-4-20-9/h2-5,14H,6-7H2,1H3,(H,15,16)(H,17,18). The number of aromatic carboxylic acids is 1. The third kappa shape index (κ3) is 3.64. The van der Waals surface area contributed by atoms with Crippen LogP contribution in [0.15, 0.2) is 23.7 Å². The van der Waals surface area contributed by atoms with Crippen LogP contribution in [0.4, 0.5) is 5.69 Å². The molecule has 0 fully saturated rings. The second-order valence-corrected chi connectivity index (χ2v) is 6.15. The first-order valence-corrected chi connectivity index (χ1v) is 7.92. The number of aromatic amines is 1. The van der Waals surface area contributed by atoms with Gasteiger partial charge in [-0.2, -0.15) is 0 Å². The van der Waals surface area contributed by atoms with Crippen LogP contribution in [0.25, 0.3) is 0 Å². The highest BCUT2D eigenvalue weighted by atomic mass is 32.2.